The van der Waals surface area contributed by atoms with Crippen molar-refractivity contribution >= 4 is 0 Å². The molecule has 0 atom stereocenters. The molecule has 0 saturated carbocycles. The SMILES string of the molecule is N#Cc1ccccc1O.c1cc2ccc1CO2. The van der Waals surface area contributed by atoms with Gasteiger partial charge in [-0.15, -0.1) is 0 Å². The fourth-order valence-electron chi connectivity index (χ4n) is 1.42. The Morgan fingerprint density at radius 1 is 1.06 bits per heavy atom. The Morgan fingerprint density at radius 2 is 1.76 bits per heavy atom. The minimum absolute atomic E-state index is 0.0417. The molecule has 1 N–H and O–H groups in total. The van der Waals surface area contributed by atoms with Gasteiger partial charge < -0.3 is 9.84 Å². The van der Waals surface area contributed by atoms with Gasteiger partial charge in [-0.2, -0.15) is 5.26 Å². The molecular formula is C14H11NO2. The van der Waals surface area contributed by atoms with Gasteiger partial charge in [0.1, 0.15) is 24.2 Å². The van der Waals surface area contributed by atoms with Crippen LogP contribution in [0.4, 0.5) is 0 Å². The third kappa shape index (κ3) is 2.76. The van der Waals surface area contributed by atoms with E-state index in [9.17, 15) is 0 Å². The average Bonchev–Trinajstić information content (AvgIpc) is 2.42. The summed E-state index contributed by atoms with van der Waals surface area (Å²) < 4.78 is 5.18. The normalized spacial score (nSPS) is 10.8. The first-order valence-electron chi connectivity index (χ1n) is 5.19. The number of fused-ring (bicyclic) bond motifs is 3. The molecule has 3 nitrogen and oxygen atoms in total. The van der Waals surface area contributed by atoms with Crippen LogP contribution >= 0.6 is 0 Å². The van der Waals surface area contributed by atoms with E-state index in [2.05, 4.69) is 12.1 Å². The van der Waals surface area contributed by atoms with Crippen LogP contribution in [0.2, 0.25) is 0 Å². The highest BCUT2D eigenvalue weighted by molar-refractivity contribution is 5.41. The highest BCUT2D eigenvalue weighted by atomic mass is 16.5. The third-order valence-electron chi connectivity index (χ3n) is 2.35. The molecule has 2 heterocycles. The highest BCUT2D eigenvalue weighted by Gasteiger charge is 2.01. The zero-order chi connectivity index (χ0) is 12.1. The third-order valence-corrected chi connectivity index (χ3v) is 2.35. The predicted octanol–water partition coefficient (Wildman–Crippen LogP) is 2.84. The summed E-state index contributed by atoms with van der Waals surface area (Å²) in [5, 5.41) is 17.2. The Hall–Kier alpha value is -2.47. The Kier molecular flexibility index (Phi) is 3.27. The lowest BCUT2D eigenvalue weighted by atomic mass is 10.2. The highest BCUT2D eigenvalue weighted by Crippen LogP contribution is 2.19. The standard InChI is InChI=1S/C7H5NO.C7H6O/c8-5-6-3-1-2-4-7(6)9;1-3-7-4-2-6(1)5-8-7/h1-4,9H;1-4H,5H2. The quantitative estimate of drug-likeness (QED) is 0.750. The van der Waals surface area contributed by atoms with Crippen molar-refractivity contribution in [3.8, 4) is 17.6 Å². The Labute approximate surface area is 99.5 Å². The molecule has 3 heteroatoms. The maximum Gasteiger partial charge on any atom is 0.133 e. The van der Waals surface area contributed by atoms with E-state index < -0.39 is 0 Å². The second-order valence-electron chi connectivity index (χ2n) is 3.56. The van der Waals surface area contributed by atoms with Crippen molar-refractivity contribution in [3.63, 3.8) is 0 Å². The molecule has 0 aromatic heterocycles. The zero-order valence-electron chi connectivity index (χ0n) is 9.13. The summed E-state index contributed by atoms with van der Waals surface area (Å²) >= 11 is 0. The summed E-state index contributed by atoms with van der Waals surface area (Å²) in [4.78, 5) is 0. The Balaban J connectivity index is 0.000000127. The van der Waals surface area contributed by atoms with Gasteiger partial charge in [0.2, 0.25) is 0 Å². The number of para-hydroxylation sites is 1. The molecule has 0 saturated heterocycles. The summed E-state index contributed by atoms with van der Waals surface area (Å²) in [7, 11) is 0. The zero-order valence-corrected chi connectivity index (χ0v) is 9.13. The number of nitrogens with zero attached hydrogens (tertiary/aromatic N) is 1. The number of aromatic hydroxyl groups is 1. The van der Waals surface area contributed by atoms with E-state index in [1.54, 1.807) is 18.2 Å². The van der Waals surface area contributed by atoms with Crippen molar-refractivity contribution < 1.29 is 9.84 Å². The average molecular weight is 225 g/mol. The van der Waals surface area contributed by atoms with Crippen LogP contribution in [0.1, 0.15) is 11.1 Å². The van der Waals surface area contributed by atoms with Gasteiger partial charge in [0, 0.05) is 0 Å². The van der Waals surface area contributed by atoms with Crippen molar-refractivity contribution in [3.05, 3.63) is 59.7 Å². The number of rotatable bonds is 0. The van der Waals surface area contributed by atoms with Crippen molar-refractivity contribution in [2.24, 2.45) is 0 Å². The molecule has 0 fully saturated rings. The molecule has 2 bridgehead atoms. The number of phenolic OH excluding ortho intramolecular Hbond substituents is 1. The number of phenols is 1. The van der Waals surface area contributed by atoms with E-state index in [1.165, 1.54) is 11.6 Å². The van der Waals surface area contributed by atoms with Crippen LogP contribution in [0.25, 0.3) is 0 Å². The fraction of sp³-hybridized carbons (Fsp3) is 0.0714. The molecular weight excluding hydrogens is 214 g/mol. The van der Waals surface area contributed by atoms with Gasteiger partial charge in [0.15, 0.2) is 0 Å². The first-order chi connectivity index (χ1) is 8.29. The lowest BCUT2D eigenvalue weighted by Crippen LogP contribution is -2.00. The van der Waals surface area contributed by atoms with Gasteiger partial charge in [0.05, 0.1) is 5.56 Å². The molecule has 2 aliphatic heterocycles. The van der Waals surface area contributed by atoms with Crippen molar-refractivity contribution in [2.45, 2.75) is 6.61 Å². The van der Waals surface area contributed by atoms with Crippen LogP contribution in [0.3, 0.4) is 0 Å². The maximum absolute atomic E-state index is 8.89. The molecule has 0 radical (unpaired) electrons. The molecule has 0 amide bonds. The molecule has 0 aliphatic carbocycles. The van der Waals surface area contributed by atoms with Crippen LogP contribution in [0, 0.1) is 11.3 Å². The van der Waals surface area contributed by atoms with Crippen LogP contribution in [-0.4, -0.2) is 5.11 Å². The predicted molar refractivity (Wildman–Crippen MR) is 63.6 cm³/mol. The van der Waals surface area contributed by atoms with E-state index in [-0.39, 0.29) is 5.75 Å². The van der Waals surface area contributed by atoms with E-state index in [4.69, 9.17) is 15.1 Å². The smallest absolute Gasteiger partial charge is 0.133 e. The molecule has 4 rings (SSSR count). The molecule has 0 unspecified atom stereocenters. The van der Waals surface area contributed by atoms with Gasteiger partial charge in [-0.25, -0.2) is 0 Å². The first kappa shape index (κ1) is 11.0. The fourth-order valence-corrected chi connectivity index (χ4v) is 1.42. The molecule has 0 spiro atoms. The minimum Gasteiger partial charge on any atom is -0.507 e. The summed E-state index contributed by atoms with van der Waals surface area (Å²) in [6.07, 6.45) is 0. The van der Waals surface area contributed by atoms with E-state index in [0.29, 0.717) is 5.56 Å². The summed E-state index contributed by atoms with van der Waals surface area (Å²) in [5.41, 5.74) is 1.58. The van der Waals surface area contributed by atoms with Gasteiger partial charge in [-0.1, -0.05) is 24.3 Å². The Morgan fingerprint density at radius 3 is 2.06 bits per heavy atom. The van der Waals surface area contributed by atoms with Gasteiger partial charge >= 0.3 is 0 Å². The number of hydrogen-bond donors (Lipinski definition) is 1. The molecule has 17 heavy (non-hydrogen) atoms. The summed E-state index contributed by atoms with van der Waals surface area (Å²) in [6, 6.07) is 16.4. The van der Waals surface area contributed by atoms with Crippen molar-refractivity contribution in [1.82, 2.24) is 0 Å². The second kappa shape index (κ2) is 5.04. The first-order valence-corrected chi connectivity index (χ1v) is 5.19. The number of nitriles is 1. The summed E-state index contributed by atoms with van der Waals surface area (Å²) in [6.45, 7) is 0.766. The van der Waals surface area contributed by atoms with Crippen LogP contribution in [0.15, 0.2) is 48.5 Å². The van der Waals surface area contributed by atoms with Gasteiger partial charge in [-0.05, 0) is 29.8 Å². The Bertz CT molecular complexity index is 518. The van der Waals surface area contributed by atoms with Crippen molar-refractivity contribution in [2.75, 3.05) is 0 Å². The second-order valence-corrected chi connectivity index (χ2v) is 3.56. The van der Waals surface area contributed by atoms with Gasteiger partial charge in [0.25, 0.3) is 0 Å². The van der Waals surface area contributed by atoms with E-state index in [1.807, 2.05) is 18.2 Å². The number of ether oxygens (including phenoxy) is 1. The molecule has 84 valence electrons. The monoisotopic (exact) mass is 225 g/mol. The van der Waals surface area contributed by atoms with Crippen LogP contribution < -0.4 is 4.74 Å². The van der Waals surface area contributed by atoms with E-state index >= 15 is 0 Å². The largest absolute Gasteiger partial charge is 0.507 e. The molecule has 2 aromatic rings. The van der Waals surface area contributed by atoms with E-state index in [0.717, 1.165) is 12.4 Å². The molecule has 2 aliphatic rings. The lowest BCUT2D eigenvalue weighted by Gasteiger charge is -2.11. The summed E-state index contributed by atoms with van der Waals surface area (Å²) in [5.74, 6) is 1.03. The molecule has 2 aromatic carbocycles. The minimum atomic E-state index is 0.0417. The number of benzene rings is 2. The van der Waals surface area contributed by atoms with Crippen LogP contribution in [0.5, 0.6) is 11.5 Å². The van der Waals surface area contributed by atoms with Crippen molar-refractivity contribution in [1.29, 1.82) is 5.26 Å². The lowest BCUT2D eigenvalue weighted by molar-refractivity contribution is 0.295. The van der Waals surface area contributed by atoms with Crippen LogP contribution in [-0.2, 0) is 6.61 Å². The van der Waals surface area contributed by atoms with Gasteiger partial charge in [-0.3, -0.25) is 0 Å². The number of hydrogen-bond acceptors (Lipinski definition) is 3. The topological polar surface area (TPSA) is 53.2 Å². The maximum atomic E-state index is 8.89.